The lowest BCUT2D eigenvalue weighted by molar-refractivity contribution is -0.127. The number of rotatable bonds is 3. The van der Waals surface area contributed by atoms with Crippen LogP contribution < -0.4 is 4.90 Å². The van der Waals surface area contributed by atoms with Gasteiger partial charge in [-0.15, -0.1) is 0 Å². The van der Waals surface area contributed by atoms with Crippen LogP contribution in [-0.2, 0) is 14.6 Å². The molecule has 5 nitrogen and oxygen atoms in total. The summed E-state index contributed by atoms with van der Waals surface area (Å²) < 4.78 is 40.6. The number of anilines is 2. The van der Waals surface area contributed by atoms with Gasteiger partial charge in [-0.3, -0.25) is 4.79 Å². The van der Waals surface area contributed by atoms with Gasteiger partial charge in [0.05, 0.1) is 10.6 Å². The van der Waals surface area contributed by atoms with Crippen molar-refractivity contribution in [2.45, 2.75) is 43.9 Å². The van der Waals surface area contributed by atoms with Crippen molar-refractivity contribution in [2.24, 2.45) is 0 Å². The number of carbonyl (C=O) groups is 1. The number of likely N-dealkylation sites (tertiary alicyclic amines) is 1. The maximum absolute atomic E-state index is 14.1. The fourth-order valence-electron chi connectivity index (χ4n) is 3.95. The first-order chi connectivity index (χ1) is 14.3. The van der Waals surface area contributed by atoms with Crippen LogP contribution in [0, 0.1) is 5.82 Å². The number of amides is 1. The van der Waals surface area contributed by atoms with E-state index < -0.39 is 21.6 Å². The summed E-state index contributed by atoms with van der Waals surface area (Å²) in [7, 11) is -4.05. The van der Waals surface area contributed by atoms with Crippen LogP contribution >= 0.6 is 0 Å². The van der Waals surface area contributed by atoms with Crippen molar-refractivity contribution in [2.75, 3.05) is 18.0 Å². The summed E-state index contributed by atoms with van der Waals surface area (Å²) >= 11 is 0. The molecule has 0 spiro atoms. The van der Waals surface area contributed by atoms with Crippen LogP contribution in [-0.4, -0.2) is 32.3 Å². The van der Waals surface area contributed by atoms with E-state index in [1.165, 1.54) is 18.3 Å². The smallest absolute Gasteiger partial charge is 0.267 e. The Morgan fingerprint density at radius 1 is 1.03 bits per heavy atom. The van der Waals surface area contributed by atoms with Gasteiger partial charge in [0.25, 0.3) is 5.91 Å². The molecule has 7 heteroatoms. The van der Waals surface area contributed by atoms with Crippen LogP contribution in [0.3, 0.4) is 0 Å². The number of piperidine rings is 1. The number of hydrogen-bond acceptors (Lipinski definition) is 4. The Hall–Kier alpha value is -2.67. The molecule has 0 atom stereocenters. The maximum atomic E-state index is 14.1. The summed E-state index contributed by atoms with van der Waals surface area (Å²) in [6.45, 7) is 5.22. The topological polar surface area (TPSA) is 57.7 Å². The predicted octanol–water partition coefficient (Wildman–Crippen LogP) is 4.73. The molecule has 2 aromatic rings. The van der Waals surface area contributed by atoms with Gasteiger partial charge in [0, 0.05) is 25.0 Å². The van der Waals surface area contributed by atoms with Crippen LogP contribution in [0.4, 0.5) is 15.8 Å². The maximum Gasteiger partial charge on any atom is 0.267 e. The summed E-state index contributed by atoms with van der Waals surface area (Å²) in [5, 5.41) is 0. The van der Waals surface area contributed by atoms with Gasteiger partial charge in [-0.1, -0.05) is 26.0 Å². The fraction of sp³-hybridized carbons (Fsp3) is 0.348. The van der Waals surface area contributed by atoms with E-state index in [-0.39, 0.29) is 21.4 Å². The zero-order valence-electron chi connectivity index (χ0n) is 17.1. The van der Waals surface area contributed by atoms with Crippen LogP contribution in [0.5, 0.6) is 0 Å². The number of hydrogen-bond donors (Lipinski definition) is 0. The van der Waals surface area contributed by atoms with Crippen molar-refractivity contribution in [3.05, 3.63) is 65.0 Å². The van der Waals surface area contributed by atoms with E-state index in [0.717, 1.165) is 30.9 Å². The minimum absolute atomic E-state index is 0.0540. The standard InChI is InChI=1S/C23H25FN2O3S/c1-16(2)17-7-6-8-19(13-17)26-15-22(23(27)25-11-4-3-5-12-25)30(28,29)21-10-9-18(24)14-20(21)26/h6-10,13-16H,3-5,11-12H2,1-2H3. The monoisotopic (exact) mass is 428 g/mol. The molecule has 1 amide bonds. The van der Waals surface area contributed by atoms with Gasteiger partial charge in [0.15, 0.2) is 4.91 Å². The molecular formula is C23H25FN2O3S. The molecule has 2 aromatic carbocycles. The van der Waals surface area contributed by atoms with Crippen LogP contribution in [0.15, 0.2) is 58.5 Å². The molecule has 0 aromatic heterocycles. The van der Waals surface area contributed by atoms with Gasteiger partial charge in [0.2, 0.25) is 9.84 Å². The number of benzene rings is 2. The lowest BCUT2D eigenvalue weighted by atomic mass is 10.0. The largest absolute Gasteiger partial charge is 0.338 e. The highest BCUT2D eigenvalue weighted by atomic mass is 32.2. The first-order valence-corrected chi connectivity index (χ1v) is 11.7. The Balaban J connectivity index is 1.88. The highest BCUT2D eigenvalue weighted by Crippen LogP contribution is 2.41. The molecule has 0 unspecified atom stereocenters. The van der Waals surface area contributed by atoms with E-state index in [1.807, 2.05) is 24.3 Å². The van der Waals surface area contributed by atoms with Gasteiger partial charge in [-0.2, -0.15) is 0 Å². The van der Waals surface area contributed by atoms with Crippen molar-refractivity contribution in [1.82, 2.24) is 4.90 Å². The fourth-order valence-corrected chi connectivity index (χ4v) is 5.47. The Morgan fingerprint density at radius 3 is 2.47 bits per heavy atom. The van der Waals surface area contributed by atoms with Gasteiger partial charge in [-0.25, -0.2) is 12.8 Å². The Labute approximate surface area is 176 Å². The number of sulfone groups is 1. The first kappa shape index (κ1) is 20.6. The molecule has 1 saturated heterocycles. The minimum atomic E-state index is -4.05. The highest BCUT2D eigenvalue weighted by molar-refractivity contribution is 7.96. The average Bonchev–Trinajstić information content (AvgIpc) is 2.74. The van der Waals surface area contributed by atoms with Gasteiger partial charge >= 0.3 is 0 Å². The Morgan fingerprint density at radius 2 is 1.77 bits per heavy atom. The third-order valence-electron chi connectivity index (χ3n) is 5.68. The SMILES string of the molecule is CC(C)c1cccc(N2C=C(C(=O)N3CCCCC3)S(=O)(=O)c3ccc(F)cc32)c1. The van der Waals surface area contributed by atoms with E-state index in [2.05, 4.69) is 13.8 Å². The number of carbonyl (C=O) groups excluding carboxylic acids is 1. The molecule has 158 valence electrons. The summed E-state index contributed by atoms with van der Waals surface area (Å²) in [4.78, 5) is 16.1. The van der Waals surface area contributed by atoms with Gasteiger partial charge in [0.1, 0.15) is 5.82 Å². The third kappa shape index (κ3) is 3.62. The molecule has 2 heterocycles. The zero-order valence-corrected chi connectivity index (χ0v) is 18.0. The van der Waals surface area contributed by atoms with Crippen molar-refractivity contribution in [1.29, 1.82) is 0 Å². The lowest BCUT2D eigenvalue weighted by Gasteiger charge is -2.32. The summed E-state index contributed by atoms with van der Waals surface area (Å²) in [5.74, 6) is -0.758. The van der Waals surface area contributed by atoms with E-state index in [0.29, 0.717) is 18.8 Å². The zero-order chi connectivity index (χ0) is 21.5. The molecule has 0 radical (unpaired) electrons. The number of halogens is 1. The van der Waals surface area contributed by atoms with E-state index in [1.54, 1.807) is 9.80 Å². The summed E-state index contributed by atoms with van der Waals surface area (Å²) in [5.41, 5.74) is 1.97. The average molecular weight is 429 g/mol. The molecule has 1 fully saturated rings. The molecule has 0 aliphatic carbocycles. The number of nitrogens with zero attached hydrogens (tertiary/aromatic N) is 2. The molecular weight excluding hydrogens is 403 g/mol. The van der Waals surface area contributed by atoms with Crippen molar-refractivity contribution in [3.8, 4) is 0 Å². The Kier molecular flexibility index (Phi) is 5.40. The van der Waals surface area contributed by atoms with Gasteiger partial charge in [-0.05, 0) is 61.1 Å². The molecule has 0 saturated carbocycles. The summed E-state index contributed by atoms with van der Waals surface area (Å²) in [6.07, 6.45) is 4.11. The second kappa shape index (κ2) is 7.87. The van der Waals surface area contributed by atoms with E-state index in [9.17, 15) is 17.6 Å². The second-order valence-corrected chi connectivity index (χ2v) is 9.97. The van der Waals surface area contributed by atoms with Gasteiger partial charge < -0.3 is 9.80 Å². The first-order valence-electron chi connectivity index (χ1n) is 10.2. The quantitative estimate of drug-likeness (QED) is 0.664. The predicted molar refractivity (Wildman–Crippen MR) is 115 cm³/mol. The molecule has 2 aliphatic heterocycles. The highest BCUT2D eigenvalue weighted by Gasteiger charge is 2.38. The molecule has 30 heavy (non-hydrogen) atoms. The van der Waals surface area contributed by atoms with Crippen LogP contribution in [0.1, 0.15) is 44.6 Å². The normalized spacial score (nSPS) is 18.2. The third-order valence-corrected chi connectivity index (χ3v) is 7.46. The molecule has 4 rings (SSSR count). The van der Waals surface area contributed by atoms with Crippen molar-refractivity contribution in [3.63, 3.8) is 0 Å². The lowest BCUT2D eigenvalue weighted by Crippen LogP contribution is -2.39. The minimum Gasteiger partial charge on any atom is -0.338 e. The molecule has 0 bridgehead atoms. The molecule has 2 aliphatic rings. The van der Waals surface area contributed by atoms with E-state index in [4.69, 9.17) is 0 Å². The van der Waals surface area contributed by atoms with E-state index >= 15 is 0 Å². The Bertz CT molecular complexity index is 1120. The van der Waals surface area contributed by atoms with Crippen LogP contribution in [0.25, 0.3) is 0 Å². The van der Waals surface area contributed by atoms with Crippen molar-refractivity contribution >= 4 is 27.1 Å². The second-order valence-electron chi connectivity index (χ2n) is 8.08. The van der Waals surface area contributed by atoms with Crippen molar-refractivity contribution < 1.29 is 17.6 Å². The molecule has 0 N–H and O–H groups in total. The number of fused-ring (bicyclic) bond motifs is 1. The summed E-state index contributed by atoms with van der Waals surface area (Å²) in [6, 6.07) is 11.2. The van der Waals surface area contributed by atoms with Crippen LogP contribution in [0.2, 0.25) is 0 Å².